The van der Waals surface area contributed by atoms with Gasteiger partial charge in [0, 0.05) is 13.1 Å². The summed E-state index contributed by atoms with van der Waals surface area (Å²) in [6, 6.07) is 6.15. The molecular weight excluding hydrogens is 244 g/mol. The van der Waals surface area contributed by atoms with Gasteiger partial charge in [0.05, 0.1) is 11.0 Å². The van der Waals surface area contributed by atoms with Gasteiger partial charge in [0.15, 0.2) is 11.5 Å². The number of nitrogens with zero attached hydrogens (tertiary/aromatic N) is 2. The van der Waals surface area contributed by atoms with E-state index in [9.17, 15) is 8.42 Å². The summed E-state index contributed by atoms with van der Waals surface area (Å²) in [5, 5.41) is 8.50. The van der Waals surface area contributed by atoms with Crippen LogP contribution in [-0.2, 0) is 10.0 Å². The zero-order valence-electron chi connectivity index (χ0n) is 9.08. The lowest BCUT2D eigenvalue weighted by molar-refractivity contribution is 0.174. The van der Waals surface area contributed by atoms with Gasteiger partial charge in [-0.15, -0.1) is 0 Å². The zero-order valence-corrected chi connectivity index (χ0v) is 9.90. The predicted molar refractivity (Wildman–Crippen MR) is 58.0 cm³/mol. The van der Waals surface area contributed by atoms with Crippen LogP contribution in [0.25, 0.3) is 0 Å². The third kappa shape index (κ3) is 2.05. The van der Waals surface area contributed by atoms with Crippen LogP contribution in [-0.4, -0.2) is 33.1 Å². The van der Waals surface area contributed by atoms with Crippen LogP contribution in [0.15, 0.2) is 23.1 Å². The highest BCUT2D eigenvalue weighted by molar-refractivity contribution is 7.89. The summed E-state index contributed by atoms with van der Waals surface area (Å²) in [6.07, 6.45) is 0. The maximum atomic E-state index is 12.0. The van der Waals surface area contributed by atoms with Crippen molar-refractivity contribution in [2.75, 3.05) is 20.4 Å². The molecule has 1 aromatic carbocycles. The summed E-state index contributed by atoms with van der Waals surface area (Å²) in [6.45, 7) is -0.107. The fraction of sp³-hybridized carbons (Fsp3) is 0.300. The number of fused-ring (bicyclic) bond motifs is 1. The number of hydrogen-bond acceptors (Lipinski definition) is 5. The van der Waals surface area contributed by atoms with Crippen LogP contribution >= 0.6 is 0 Å². The van der Waals surface area contributed by atoms with Crippen LogP contribution in [0.1, 0.15) is 0 Å². The summed E-state index contributed by atoms with van der Waals surface area (Å²) >= 11 is 0. The van der Waals surface area contributed by atoms with Crippen molar-refractivity contribution in [2.45, 2.75) is 4.90 Å². The number of nitriles is 1. The van der Waals surface area contributed by atoms with Crippen LogP contribution < -0.4 is 9.47 Å². The molecule has 1 aromatic rings. The quantitative estimate of drug-likeness (QED) is 0.736. The summed E-state index contributed by atoms with van der Waals surface area (Å²) in [7, 11) is -2.30. The molecule has 0 atom stereocenters. The van der Waals surface area contributed by atoms with E-state index in [4.69, 9.17) is 14.7 Å². The molecule has 0 fully saturated rings. The standard InChI is InChI=1S/C10H10N2O4S/c1-12(5-4-11)17(13,14)8-2-3-9-10(6-8)16-7-15-9/h2-3,6H,5,7H2,1H3. The Balaban J connectivity index is 2.38. The second-order valence-electron chi connectivity index (χ2n) is 3.43. The van der Waals surface area contributed by atoms with Crippen molar-refractivity contribution in [1.29, 1.82) is 5.26 Å². The van der Waals surface area contributed by atoms with E-state index in [1.807, 2.05) is 0 Å². The molecule has 0 bridgehead atoms. The van der Waals surface area contributed by atoms with Crippen molar-refractivity contribution < 1.29 is 17.9 Å². The monoisotopic (exact) mass is 254 g/mol. The Labute approximate surface area is 99.0 Å². The first-order chi connectivity index (χ1) is 8.05. The molecule has 2 rings (SSSR count). The van der Waals surface area contributed by atoms with E-state index in [1.54, 1.807) is 6.07 Å². The first-order valence-corrected chi connectivity index (χ1v) is 6.22. The normalized spacial score (nSPS) is 13.7. The largest absolute Gasteiger partial charge is 0.454 e. The van der Waals surface area contributed by atoms with Gasteiger partial charge in [0.25, 0.3) is 0 Å². The molecule has 7 heteroatoms. The predicted octanol–water partition coefficient (Wildman–Crippen LogP) is 0.559. The molecule has 0 amide bonds. The van der Waals surface area contributed by atoms with Gasteiger partial charge in [-0.05, 0) is 12.1 Å². The molecule has 0 aliphatic carbocycles. The van der Waals surface area contributed by atoms with Crippen LogP contribution in [0.3, 0.4) is 0 Å². The molecule has 6 nitrogen and oxygen atoms in total. The highest BCUT2D eigenvalue weighted by Gasteiger charge is 2.23. The highest BCUT2D eigenvalue weighted by Crippen LogP contribution is 2.34. The average molecular weight is 254 g/mol. The second kappa shape index (κ2) is 4.24. The number of ether oxygens (including phenoxy) is 2. The Morgan fingerprint density at radius 3 is 2.82 bits per heavy atom. The molecule has 90 valence electrons. The van der Waals surface area contributed by atoms with Crippen LogP contribution in [0, 0.1) is 11.3 Å². The summed E-state index contributed by atoms with van der Waals surface area (Å²) < 4.78 is 35.2. The van der Waals surface area contributed by atoms with Gasteiger partial charge < -0.3 is 9.47 Å². The van der Waals surface area contributed by atoms with Gasteiger partial charge >= 0.3 is 0 Å². The SMILES string of the molecule is CN(CC#N)S(=O)(=O)c1ccc2c(c1)OCO2. The van der Waals surface area contributed by atoms with Gasteiger partial charge in [-0.25, -0.2) is 8.42 Å². The maximum absolute atomic E-state index is 12.0. The Bertz CT molecular complexity index is 576. The molecule has 0 spiro atoms. The minimum absolute atomic E-state index is 0.0829. The Hall–Kier alpha value is -1.78. The Kier molecular flexibility index (Phi) is 2.92. The van der Waals surface area contributed by atoms with E-state index in [-0.39, 0.29) is 18.2 Å². The van der Waals surface area contributed by atoms with E-state index >= 15 is 0 Å². The molecule has 0 aromatic heterocycles. The van der Waals surface area contributed by atoms with Crippen molar-refractivity contribution in [2.24, 2.45) is 0 Å². The number of rotatable bonds is 3. The summed E-state index contributed by atoms with van der Waals surface area (Å²) in [5.74, 6) is 0.920. The average Bonchev–Trinajstić information content (AvgIpc) is 2.76. The lowest BCUT2D eigenvalue weighted by atomic mass is 10.3. The molecule has 17 heavy (non-hydrogen) atoms. The Morgan fingerprint density at radius 2 is 2.12 bits per heavy atom. The van der Waals surface area contributed by atoms with Crippen LogP contribution in [0.4, 0.5) is 0 Å². The van der Waals surface area contributed by atoms with Crippen molar-refractivity contribution in [3.63, 3.8) is 0 Å². The topological polar surface area (TPSA) is 79.6 Å². The first-order valence-electron chi connectivity index (χ1n) is 4.78. The summed E-state index contributed by atoms with van der Waals surface area (Å²) in [5.41, 5.74) is 0. The van der Waals surface area contributed by atoms with Gasteiger partial charge in [-0.2, -0.15) is 9.57 Å². The van der Waals surface area contributed by atoms with E-state index in [2.05, 4.69) is 0 Å². The molecule has 1 aliphatic heterocycles. The molecule has 0 radical (unpaired) electrons. The first kappa shape index (κ1) is 11.7. The highest BCUT2D eigenvalue weighted by atomic mass is 32.2. The van der Waals surface area contributed by atoms with Crippen molar-refractivity contribution in [3.8, 4) is 17.6 Å². The van der Waals surface area contributed by atoms with Crippen molar-refractivity contribution >= 4 is 10.0 Å². The lowest BCUT2D eigenvalue weighted by Gasteiger charge is -2.13. The minimum Gasteiger partial charge on any atom is -0.454 e. The van der Waals surface area contributed by atoms with Crippen molar-refractivity contribution in [1.82, 2.24) is 4.31 Å². The molecule has 0 N–H and O–H groups in total. The fourth-order valence-corrected chi connectivity index (χ4v) is 2.49. The van der Waals surface area contributed by atoms with E-state index in [0.717, 1.165) is 4.31 Å². The maximum Gasteiger partial charge on any atom is 0.243 e. The van der Waals surface area contributed by atoms with E-state index < -0.39 is 10.0 Å². The minimum atomic E-state index is -3.65. The van der Waals surface area contributed by atoms with Crippen LogP contribution in [0.5, 0.6) is 11.5 Å². The molecule has 0 saturated heterocycles. The number of hydrogen-bond donors (Lipinski definition) is 0. The number of benzene rings is 1. The van der Waals surface area contributed by atoms with Gasteiger partial charge in [-0.1, -0.05) is 0 Å². The third-order valence-corrected chi connectivity index (χ3v) is 4.14. The Morgan fingerprint density at radius 1 is 1.41 bits per heavy atom. The second-order valence-corrected chi connectivity index (χ2v) is 5.48. The molecule has 0 unspecified atom stereocenters. The van der Waals surface area contributed by atoms with Gasteiger partial charge in [-0.3, -0.25) is 0 Å². The van der Waals surface area contributed by atoms with E-state index in [1.165, 1.54) is 25.2 Å². The molecular formula is C10H10N2O4S. The molecule has 1 heterocycles. The third-order valence-electron chi connectivity index (χ3n) is 2.35. The zero-order chi connectivity index (χ0) is 12.5. The number of sulfonamides is 1. The van der Waals surface area contributed by atoms with Crippen LogP contribution in [0.2, 0.25) is 0 Å². The summed E-state index contributed by atoms with van der Waals surface area (Å²) in [4.78, 5) is 0.0829. The van der Waals surface area contributed by atoms with Gasteiger partial charge in [0.1, 0.15) is 6.54 Å². The van der Waals surface area contributed by atoms with Gasteiger partial charge in [0.2, 0.25) is 16.8 Å². The molecule has 0 saturated carbocycles. The van der Waals surface area contributed by atoms with Crippen molar-refractivity contribution in [3.05, 3.63) is 18.2 Å². The fourth-order valence-electron chi connectivity index (χ4n) is 1.40. The smallest absolute Gasteiger partial charge is 0.243 e. The lowest BCUT2D eigenvalue weighted by Crippen LogP contribution is -2.27. The molecule has 1 aliphatic rings. The van der Waals surface area contributed by atoms with E-state index in [0.29, 0.717) is 11.5 Å².